The number of terminal acetylenes is 1. The van der Waals surface area contributed by atoms with Gasteiger partial charge in [0.2, 0.25) is 0 Å². The van der Waals surface area contributed by atoms with Gasteiger partial charge < -0.3 is 10.0 Å². The molecule has 1 saturated carbocycles. The number of nitrogens with zero attached hydrogens (tertiary/aromatic N) is 1. The van der Waals surface area contributed by atoms with Crippen molar-refractivity contribution in [3.63, 3.8) is 0 Å². The van der Waals surface area contributed by atoms with Crippen LogP contribution in [-0.2, 0) is 0 Å². The largest absolute Gasteiger partial charge is 0.389 e. The van der Waals surface area contributed by atoms with Gasteiger partial charge in [-0.3, -0.25) is 0 Å². The molecule has 0 spiro atoms. The topological polar surface area (TPSA) is 23.5 Å². The lowest BCUT2D eigenvalue weighted by atomic mass is 10.1. The smallest absolute Gasteiger partial charge is 0.0792 e. The van der Waals surface area contributed by atoms with E-state index < -0.39 is 6.10 Å². The SMILES string of the molecule is C#CCN(CC1CC1)c1ccc([C@@H](C)O)cc1Br. The first kappa shape index (κ1) is 13.5. The van der Waals surface area contributed by atoms with Gasteiger partial charge in [-0.25, -0.2) is 0 Å². The molecule has 0 unspecified atom stereocenters. The van der Waals surface area contributed by atoms with Gasteiger partial charge in [0.25, 0.3) is 0 Å². The highest BCUT2D eigenvalue weighted by Crippen LogP contribution is 2.34. The maximum absolute atomic E-state index is 9.57. The Kier molecular flexibility index (Phi) is 4.31. The number of halogens is 1. The van der Waals surface area contributed by atoms with Crippen molar-refractivity contribution < 1.29 is 5.11 Å². The molecule has 1 aliphatic rings. The highest BCUT2D eigenvalue weighted by Gasteiger charge is 2.25. The van der Waals surface area contributed by atoms with Crippen molar-refractivity contribution in [3.8, 4) is 12.3 Å². The highest BCUT2D eigenvalue weighted by atomic mass is 79.9. The molecule has 1 aromatic rings. The van der Waals surface area contributed by atoms with Crippen LogP contribution in [0.5, 0.6) is 0 Å². The minimum atomic E-state index is -0.445. The van der Waals surface area contributed by atoms with E-state index in [1.807, 2.05) is 18.2 Å². The van der Waals surface area contributed by atoms with Gasteiger partial charge in [-0.1, -0.05) is 12.0 Å². The maximum Gasteiger partial charge on any atom is 0.0792 e. The molecule has 0 aromatic heterocycles. The molecule has 0 aliphatic heterocycles. The van der Waals surface area contributed by atoms with Gasteiger partial charge in [0.1, 0.15) is 0 Å². The fraction of sp³-hybridized carbons (Fsp3) is 0.467. The van der Waals surface area contributed by atoms with Crippen LogP contribution >= 0.6 is 15.9 Å². The summed E-state index contributed by atoms with van der Waals surface area (Å²) in [5, 5.41) is 9.57. The zero-order valence-corrected chi connectivity index (χ0v) is 12.2. The van der Waals surface area contributed by atoms with Gasteiger partial charge in [0, 0.05) is 11.0 Å². The predicted molar refractivity (Wildman–Crippen MR) is 78.5 cm³/mol. The van der Waals surface area contributed by atoms with Crippen LogP contribution in [0.2, 0.25) is 0 Å². The van der Waals surface area contributed by atoms with Gasteiger partial charge in [-0.15, -0.1) is 6.42 Å². The lowest BCUT2D eigenvalue weighted by Crippen LogP contribution is -2.26. The van der Waals surface area contributed by atoms with E-state index in [1.54, 1.807) is 6.92 Å². The maximum atomic E-state index is 9.57. The molecule has 1 atom stereocenters. The standard InChI is InChI=1S/C15H18BrNO/c1-3-8-17(10-12-4-5-12)15-7-6-13(11(2)18)9-14(15)16/h1,6-7,9,11-12,18H,4-5,8,10H2,2H3/t11-/m1/s1. The van der Waals surface area contributed by atoms with Crippen LogP contribution in [-0.4, -0.2) is 18.2 Å². The summed E-state index contributed by atoms with van der Waals surface area (Å²) in [5.74, 6) is 3.51. The minimum Gasteiger partial charge on any atom is -0.389 e. The Morgan fingerprint density at radius 3 is 2.78 bits per heavy atom. The molecule has 18 heavy (non-hydrogen) atoms. The number of rotatable bonds is 5. The summed E-state index contributed by atoms with van der Waals surface area (Å²) in [7, 11) is 0. The summed E-state index contributed by atoms with van der Waals surface area (Å²) in [5.41, 5.74) is 2.03. The first-order chi connectivity index (χ1) is 8.61. The van der Waals surface area contributed by atoms with Gasteiger partial charge in [0.05, 0.1) is 18.3 Å². The van der Waals surface area contributed by atoms with Crippen LogP contribution in [0.1, 0.15) is 31.4 Å². The summed E-state index contributed by atoms with van der Waals surface area (Å²) in [6.07, 6.45) is 7.62. The van der Waals surface area contributed by atoms with Crippen molar-refractivity contribution in [1.82, 2.24) is 0 Å². The van der Waals surface area contributed by atoms with Crippen LogP contribution < -0.4 is 4.90 Å². The quantitative estimate of drug-likeness (QED) is 0.843. The summed E-state index contributed by atoms with van der Waals surface area (Å²) in [6.45, 7) is 3.42. The third-order valence-electron chi connectivity index (χ3n) is 3.25. The van der Waals surface area contributed by atoms with E-state index in [9.17, 15) is 5.11 Å². The van der Waals surface area contributed by atoms with Crippen molar-refractivity contribution >= 4 is 21.6 Å². The van der Waals surface area contributed by atoms with E-state index in [1.165, 1.54) is 12.8 Å². The second kappa shape index (κ2) is 5.77. The molecule has 1 aliphatic carbocycles. The van der Waals surface area contributed by atoms with Gasteiger partial charge >= 0.3 is 0 Å². The number of hydrogen-bond acceptors (Lipinski definition) is 2. The molecule has 0 amide bonds. The number of hydrogen-bond donors (Lipinski definition) is 1. The van der Waals surface area contributed by atoms with E-state index in [-0.39, 0.29) is 0 Å². The molecule has 0 saturated heterocycles. The zero-order valence-electron chi connectivity index (χ0n) is 10.6. The van der Waals surface area contributed by atoms with E-state index in [2.05, 4.69) is 26.8 Å². The van der Waals surface area contributed by atoms with Crippen LogP contribution in [0.3, 0.4) is 0 Å². The Labute approximate surface area is 117 Å². The summed E-state index contributed by atoms with van der Waals surface area (Å²) < 4.78 is 0.997. The van der Waals surface area contributed by atoms with Crippen molar-refractivity contribution in [2.45, 2.75) is 25.9 Å². The van der Waals surface area contributed by atoms with Crippen LogP contribution in [0.15, 0.2) is 22.7 Å². The molecular weight excluding hydrogens is 290 g/mol. The number of aliphatic hydroxyl groups excluding tert-OH is 1. The van der Waals surface area contributed by atoms with Crippen molar-refractivity contribution in [2.75, 3.05) is 18.0 Å². The second-order valence-corrected chi connectivity index (χ2v) is 5.77. The number of anilines is 1. The normalized spacial score (nSPS) is 16.1. The first-order valence-corrected chi connectivity index (χ1v) is 7.07. The van der Waals surface area contributed by atoms with Crippen molar-refractivity contribution in [3.05, 3.63) is 28.2 Å². The minimum absolute atomic E-state index is 0.445. The molecule has 0 radical (unpaired) electrons. The summed E-state index contributed by atoms with van der Waals surface area (Å²) in [6, 6.07) is 5.96. The van der Waals surface area contributed by atoms with Gasteiger partial charge in [-0.05, 0) is 59.3 Å². The van der Waals surface area contributed by atoms with Crippen LogP contribution in [0, 0.1) is 18.3 Å². The monoisotopic (exact) mass is 307 g/mol. The van der Waals surface area contributed by atoms with E-state index in [0.717, 1.165) is 28.2 Å². The molecule has 3 heteroatoms. The van der Waals surface area contributed by atoms with Crippen LogP contribution in [0.4, 0.5) is 5.69 Å². The van der Waals surface area contributed by atoms with E-state index >= 15 is 0 Å². The summed E-state index contributed by atoms with van der Waals surface area (Å²) in [4.78, 5) is 2.23. The van der Waals surface area contributed by atoms with Crippen molar-refractivity contribution in [2.24, 2.45) is 5.92 Å². The molecular formula is C15H18BrNO. The lowest BCUT2D eigenvalue weighted by Gasteiger charge is -2.24. The molecule has 1 N–H and O–H groups in total. The van der Waals surface area contributed by atoms with Crippen molar-refractivity contribution in [1.29, 1.82) is 0 Å². The molecule has 2 rings (SSSR count). The molecule has 0 bridgehead atoms. The highest BCUT2D eigenvalue weighted by molar-refractivity contribution is 9.10. The number of aliphatic hydroxyl groups is 1. The molecule has 2 nitrogen and oxygen atoms in total. The molecule has 1 fully saturated rings. The van der Waals surface area contributed by atoms with E-state index in [0.29, 0.717) is 6.54 Å². The Bertz CT molecular complexity index is 460. The Balaban J connectivity index is 2.20. The number of benzene rings is 1. The average molecular weight is 308 g/mol. The fourth-order valence-corrected chi connectivity index (χ4v) is 2.66. The third-order valence-corrected chi connectivity index (χ3v) is 3.89. The Morgan fingerprint density at radius 1 is 1.56 bits per heavy atom. The Hall–Kier alpha value is -0.980. The van der Waals surface area contributed by atoms with Gasteiger partial charge in [-0.2, -0.15) is 0 Å². The predicted octanol–water partition coefficient (Wildman–Crippen LogP) is 3.35. The zero-order chi connectivity index (χ0) is 13.1. The first-order valence-electron chi connectivity index (χ1n) is 6.27. The Morgan fingerprint density at radius 2 is 2.28 bits per heavy atom. The third kappa shape index (κ3) is 3.28. The van der Waals surface area contributed by atoms with Crippen LogP contribution in [0.25, 0.3) is 0 Å². The lowest BCUT2D eigenvalue weighted by molar-refractivity contribution is 0.199. The average Bonchev–Trinajstić information content (AvgIpc) is 3.12. The van der Waals surface area contributed by atoms with Gasteiger partial charge in [0.15, 0.2) is 0 Å². The molecule has 1 aromatic carbocycles. The second-order valence-electron chi connectivity index (χ2n) is 4.91. The summed E-state index contributed by atoms with van der Waals surface area (Å²) >= 11 is 3.58. The fourth-order valence-electron chi connectivity index (χ4n) is 2.01. The molecule has 0 heterocycles. The molecule has 96 valence electrons. The van der Waals surface area contributed by atoms with E-state index in [4.69, 9.17) is 6.42 Å².